The third-order valence-corrected chi connectivity index (χ3v) is 4.61. The van der Waals surface area contributed by atoms with Crippen molar-refractivity contribution in [3.05, 3.63) is 53.6 Å². The van der Waals surface area contributed by atoms with Crippen molar-refractivity contribution in [3.63, 3.8) is 0 Å². The Morgan fingerprint density at radius 2 is 1.61 bits per heavy atom. The molecule has 31 heavy (non-hydrogen) atoms. The van der Waals surface area contributed by atoms with Crippen LogP contribution in [-0.4, -0.2) is 79.9 Å². The van der Waals surface area contributed by atoms with E-state index in [1.165, 1.54) is 36.4 Å². The Labute approximate surface area is 175 Å². The minimum Gasteiger partial charge on any atom is -0.508 e. The fraction of sp³-hybridized carbons (Fsp3) is 0.300. The first-order chi connectivity index (χ1) is 14.7. The Hall–Kier alpha value is -3.38. The van der Waals surface area contributed by atoms with Gasteiger partial charge in [0.15, 0.2) is 0 Å². The molecule has 166 valence electrons. The summed E-state index contributed by atoms with van der Waals surface area (Å²) in [5.74, 6) is -3.28. The van der Waals surface area contributed by atoms with Gasteiger partial charge in [-0.2, -0.15) is 0 Å². The van der Waals surface area contributed by atoms with Crippen LogP contribution >= 0.6 is 0 Å². The van der Waals surface area contributed by atoms with Crippen LogP contribution in [-0.2, 0) is 9.47 Å². The van der Waals surface area contributed by atoms with Crippen molar-refractivity contribution in [2.45, 2.75) is 30.7 Å². The van der Waals surface area contributed by atoms with Crippen molar-refractivity contribution in [1.82, 2.24) is 0 Å². The second-order valence-corrected chi connectivity index (χ2v) is 6.73. The summed E-state index contributed by atoms with van der Waals surface area (Å²) in [6.45, 7) is -0.531. The van der Waals surface area contributed by atoms with E-state index < -0.39 is 60.6 Å². The van der Waals surface area contributed by atoms with Gasteiger partial charge in [0.2, 0.25) is 6.29 Å². The fourth-order valence-electron chi connectivity index (χ4n) is 2.95. The monoisotopic (exact) mass is 436 g/mol. The van der Waals surface area contributed by atoms with Gasteiger partial charge in [0.05, 0.1) is 5.56 Å². The lowest BCUT2D eigenvalue weighted by molar-refractivity contribution is -0.277. The van der Waals surface area contributed by atoms with Gasteiger partial charge in [-0.25, -0.2) is 9.59 Å². The van der Waals surface area contributed by atoms with E-state index in [1.54, 1.807) is 0 Å². The molecule has 0 spiro atoms. The number of carboxylic acids is 1. The molecule has 0 amide bonds. The Bertz CT molecular complexity index is 943. The standard InChI is InChI=1S/C20H20O11/c21-10-6-4-9(5-7-10)19(28)29-8-13-15(23)16(24)17(25)20(31-13)30-12-3-1-2-11(22)14(12)18(26)27/h1-7,13,15-17,20-25H,8H2,(H,26,27). The van der Waals surface area contributed by atoms with Crippen LogP contribution in [0.2, 0.25) is 0 Å². The van der Waals surface area contributed by atoms with Crippen LogP contribution in [0.3, 0.4) is 0 Å². The normalized spacial score (nSPS) is 25.6. The molecule has 0 radical (unpaired) electrons. The van der Waals surface area contributed by atoms with Gasteiger partial charge in [0.1, 0.15) is 53.8 Å². The van der Waals surface area contributed by atoms with E-state index in [0.717, 1.165) is 6.07 Å². The van der Waals surface area contributed by atoms with Gasteiger partial charge in [0, 0.05) is 0 Å². The number of phenolic OH excluding ortho intramolecular Hbond substituents is 1. The van der Waals surface area contributed by atoms with Gasteiger partial charge >= 0.3 is 11.9 Å². The molecule has 11 nitrogen and oxygen atoms in total. The van der Waals surface area contributed by atoms with E-state index in [1.807, 2.05) is 0 Å². The molecule has 11 heteroatoms. The number of rotatable bonds is 6. The molecular weight excluding hydrogens is 416 g/mol. The molecule has 0 aliphatic carbocycles. The Kier molecular flexibility index (Phi) is 6.61. The third-order valence-electron chi connectivity index (χ3n) is 4.61. The maximum atomic E-state index is 12.1. The molecule has 1 saturated heterocycles. The third kappa shape index (κ3) is 4.86. The largest absolute Gasteiger partial charge is 0.508 e. The minimum atomic E-state index is -1.77. The van der Waals surface area contributed by atoms with E-state index in [9.17, 15) is 40.2 Å². The maximum Gasteiger partial charge on any atom is 0.343 e. The molecule has 0 saturated carbocycles. The highest BCUT2D eigenvalue weighted by Crippen LogP contribution is 2.31. The quantitative estimate of drug-likeness (QED) is 0.331. The number of aromatic carboxylic acids is 1. The van der Waals surface area contributed by atoms with E-state index in [4.69, 9.17) is 14.2 Å². The van der Waals surface area contributed by atoms with E-state index in [0.29, 0.717) is 0 Å². The molecule has 1 heterocycles. The summed E-state index contributed by atoms with van der Waals surface area (Å²) in [4.78, 5) is 23.5. The summed E-state index contributed by atoms with van der Waals surface area (Å²) in [6, 6.07) is 8.82. The Morgan fingerprint density at radius 1 is 0.935 bits per heavy atom. The zero-order valence-corrected chi connectivity index (χ0v) is 15.9. The number of aromatic hydroxyl groups is 2. The second-order valence-electron chi connectivity index (χ2n) is 6.73. The zero-order chi connectivity index (χ0) is 22.7. The summed E-state index contributed by atoms with van der Waals surface area (Å²) in [5.41, 5.74) is -0.475. The highest BCUT2D eigenvalue weighted by atomic mass is 16.7. The molecule has 5 atom stereocenters. The van der Waals surface area contributed by atoms with E-state index >= 15 is 0 Å². The highest BCUT2D eigenvalue weighted by Gasteiger charge is 2.46. The number of ether oxygens (including phenoxy) is 3. The van der Waals surface area contributed by atoms with Crippen molar-refractivity contribution in [3.8, 4) is 17.2 Å². The lowest BCUT2D eigenvalue weighted by Crippen LogP contribution is -2.60. The molecule has 0 bridgehead atoms. The number of carboxylic acid groups (broad SMARTS) is 1. The average molecular weight is 436 g/mol. The Morgan fingerprint density at radius 3 is 2.26 bits per heavy atom. The van der Waals surface area contributed by atoms with Gasteiger partial charge in [-0.1, -0.05) is 6.07 Å². The van der Waals surface area contributed by atoms with Crippen LogP contribution in [0.4, 0.5) is 0 Å². The first-order valence-corrected chi connectivity index (χ1v) is 9.06. The molecular formula is C20H20O11. The summed E-state index contributed by atoms with van der Waals surface area (Å²) in [6.07, 6.45) is -8.15. The summed E-state index contributed by atoms with van der Waals surface area (Å²) < 4.78 is 15.8. The zero-order valence-electron chi connectivity index (χ0n) is 15.9. The van der Waals surface area contributed by atoms with Crippen molar-refractivity contribution in [2.24, 2.45) is 0 Å². The summed E-state index contributed by atoms with van der Waals surface area (Å²) >= 11 is 0. The van der Waals surface area contributed by atoms with Crippen LogP contribution in [0.5, 0.6) is 17.2 Å². The predicted octanol–water partition coefficient (Wildman–Crippen LogP) is -0.161. The van der Waals surface area contributed by atoms with Crippen LogP contribution < -0.4 is 4.74 Å². The van der Waals surface area contributed by atoms with Crippen LogP contribution in [0.15, 0.2) is 42.5 Å². The predicted molar refractivity (Wildman–Crippen MR) is 101 cm³/mol. The molecule has 2 aromatic rings. The minimum absolute atomic E-state index is 0.0487. The molecule has 3 rings (SSSR count). The van der Waals surface area contributed by atoms with Crippen molar-refractivity contribution < 1.29 is 54.4 Å². The van der Waals surface area contributed by atoms with Crippen molar-refractivity contribution in [1.29, 1.82) is 0 Å². The number of carbonyl (C=O) groups excluding carboxylic acids is 1. The van der Waals surface area contributed by atoms with Gasteiger partial charge in [-0.05, 0) is 36.4 Å². The van der Waals surface area contributed by atoms with Crippen LogP contribution in [0.1, 0.15) is 20.7 Å². The number of hydrogen-bond acceptors (Lipinski definition) is 10. The number of aliphatic hydroxyl groups is 3. The smallest absolute Gasteiger partial charge is 0.343 e. The average Bonchev–Trinajstić information content (AvgIpc) is 2.73. The Balaban J connectivity index is 1.72. The molecule has 0 aromatic heterocycles. The lowest BCUT2D eigenvalue weighted by atomic mass is 9.99. The first-order valence-electron chi connectivity index (χ1n) is 9.06. The van der Waals surface area contributed by atoms with Gasteiger partial charge in [-0.3, -0.25) is 0 Å². The van der Waals surface area contributed by atoms with Gasteiger partial charge < -0.3 is 44.8 Å². The number of phenols is 2. The van der Waals surface area contributed by atoms with E-state index in [-0.39, 0.29) is 17.1 Å². The topological polar surface area (TPSA) is 183 Å². The first kappa shape index (κ1) is 22.3. The van der Waals surface area contributed by atoms with Crippen molar-refractivity contribution in [2.75, 3.05) is 6.61 Å². The lowest BCUT2D eigenvalue weighted by Gasteiger charge is -2.40. The summed E-state index contributed by atoms with van der Waals surface area (Å²) in [5, 5.41) is 58.7. The maximum absolute atomic E-state index is 12.1. The van der Waals surface area contributed by atoms with Crippen LogP contribution in [0, 0.1) is 0 Å². The van der Waals surface area contributed by atoms with Crippen LogP contribution in [0.25, 0.3) is 0 Å². The summed E-state index contributed by atoms with van der Waals surface area (Å²) in [7, 11) is 0. The second kappa shape index (κ2) is 9.18. The number of aliphatic hydroxyl groups excluding tert-OH is 3. The highest BCUT2D eigenvalue weighted by molar-refractivity contribution is 5.94. The molecule has 1 aliphatic rings. The number of hydrogen-bond donors (Lipinski definition) is 6. The molecule has 6 N–H and O–H groups in total. The molecule has 1 fully saturated rings. The number of esters is 1. The molecule has 2 aromatic carbocycles. The van der Waals surface area contributed by atoms with Gasteiger partial charge in [-0.15, -0.1) is 0 Å². The number of benzene rings is 2. The van der Waals surface area contributed by atoms with E-state index in [2.05, 4.69) is 0 Å². The SMILES string of the molecule is O=C(OCC1OC(Oc2cccc(O)c2C(=O)O)C(O)C(O)C1O)c1ccc(O)cc1. The fourth-order valence-corrected chi connectivity index (χ4v) is 2.95. The molecule has 5 unspecified atom stereocenters. The van der Waals surface area contributed by atoms with Gasteiger partial charge in [0.25, 0.3) is 0 Å². The van der Waals surface area contributed by atoms with Crippen molar-refractivity contribution >= 4 is 11.9 Å². The molecule has 1 aliphatic heterocycles. The number of carbonyl (C=O) groups is 2.